The summed E-state index contributed by atoms with van der Waals surface area (Å²) < 4.78 is 6.86. The van der Waals surface area contributed by atoms with Gasteiger partial charge in [0.05, 0.1) is 22.8 Å². The molecular weight excluding hydrogens is 394 g/mol. The molecule has 0 bridgehead atoms. The Morgan fingerprint density at radius 2 is 1.71 bits per heavy atom. The molecule has 1 heterocycles. The van der Waals surface area contributed by atoms with Gasteiger partial charge in [-0.25, -0.2) is 9.48 Å². The molecule has 4 rings (SSSR count). The lowest BCUT2D eigenvalue weighted by atomic mass is 10.1. The number of nitrogens with zero attached hydrogens (tertiary/aromatic N) is 2. The van der Waals surface area contributed by atoms with E-state index in [1.165, 1.54) is 6.07 Å². The van der Waals surface area contributed by atoms with Crippen molar-refractivity contribution in [3.8, 4) is 11.4 Å². The average molecular weight is 415 g/mol. The summed E-state index contributed by atoms with van der Waals surface area (Å²) in [6.45, 7) is 3.16. The van der Waals surface area contributed by atoms with Crippen LogP contribution in [0.15, 0.2) is 66.7 Å². The zero-order chi connectivity index (χ0) is 22.0. The highest BCUT2D eigenvalue weighted by molar-refractivity contribution is 6.02. The number of phenols is 1. The molecule has 0 unspecified atom stereocenters. The summed E-state index contributed by atoms with van der Waals surface area (Å²) in [6, 6.07) is 19.9. The number of aryl methyl sites for hydroxylation is 1. The summed E-state index contributed by atoms with van der Waals surface area (Å²) in [6.07, 6.45) is 0. The van der Waals surface area contributed by atoms with Crippen molar-refractivity contribution in [3.05, 3.63) is 83.7 Å². The van der Waals surface area contributed by atoms with Crippen LogP contribution < -0.4 is 5.32 Å². The van der Waals surface area contributed by atoms with Crippen LogP contribution in [0.3, 0.4) is 0 Å². The van der Waals surface area contributed by atoms with Crippen molar-refractivity contribution >= 4 is 28.3 Å². The first-order valence-corrected chi connectivity index (χ1v) is 9.75. The summed E-state index contributed by atoms with van der Waals surface area (Å²) in [7, 11) is 0. The minimum atomic E-state index is -0.771. The van der Waals surface area contributed by atoms with Crippen LogP contribution in [0.1, 0.15) is 21.7 Å². The molecule has 0 aliphatic carbocycles. The maximum absolute atomic E-state index is 12.4. The number of carbonyl (C=O) groups is 2. The predicted octanol–water partition coefficient (Wildman–Crippen LogP) is 4.14. The number of carbonyl (C=O) groups excluding carboxylic acids is 2. The summed E-state index contributed by atoms with van der Waals surface area (Å²) in [4.78, 5) is 24.8. The van der Waals surface area contributed by atoms with Gasteiger partial charge >= 0.3 is 5.97 Å². The van der Waals surface area contributed by atoms with Gasteiger partial charge in [-0.1, -0.05) is 48.5 Å². The maximum atomic E-state index is 12.4. The van der Waals surface area contributed by atoms with E-state index >= 15 is 0 Å². The van der Waals surface area contributed by atoms with E-state index < -0.39 is 18.5 Å². The molecule has 0 saturated heterocycles. The third-order valence-corrected chi connectivity index (χ3v) is 5.01. The van der Waals surface area contributed by atoms with Crippen molar-refractivity contribution in [1.29, 1.82) is 0 Å². The number of hydrogen-bond acceptors (Lipinski definition) is 5. The molecule has 0 saturated carbocycles. The number of aromatic hydroxyl groups is 1. The Kier molecular flexibility index (Phi) is 5.41. The van der Waals surface area contributed by atoms with E-state index in [4.69, 9.17) is 4.74 Å². The first-order valence-electron chi connectivity index (χ1n) is 9.75. The molecule has 0 aliphatic heterocycles. The standard InChI is InChI=1S/C24H21N3O4/c1-15-22(16(2)27(26-15)18-9-4-3-5-10-18)25-21(28)14-31-24(30)20-13-12-17-8-6-7-11-19(17)23(20)29/h3-13,29H,14H2,1-2H3,(H,25,28). The number of benzene rings is 3. The summed E-state index contributed by atoms with van der Waals surface area (Å²) >= 11 is 0. The van der Waals surface area contributed by atoms with Crippen LogP contribution in [-0.4, -0.2) is 33.4 Å². The third kappa shape index (κ3) is 3.98. The van der Waals surface area contributed by atoms with Crippen molar-refractivity contribution < 1.29 is 19.4 Å². The number of esters is 1. The van der Waals surface area contributed by atoms with E-state index in [9.17, 15) is 14.7 Å². The molecule has 156 valence electrons. The Bertz CT molecular complexity index is 1280. The normalized spacial score (nSPS) is 10.8. The predicted molar refractivity (Wildman–Crippen MR) is 118 cm³/mol. The molecule has 31 heavy (non-hydrogen) atoms. The smallest absolute Gasteiger partial charge is 0.342 e. The van der Waals surface area contributed by atoms with E-state index in [0.29, 0.717) is 16.8 Å². The molecule has 1 aromatic heterocycles. The van der Waals surface area contributed by atoms with Gasteiger partial charge in [-0.05, 0) is 37.4 Å². The molecule has 0 atom stereocenters. The number of amides is 1. The van der Waals surface area contributed by atoms with E-state index in [-0.39, 0.29) is 11.3 Å². The number of ether oxygens (including phenoxy) is 1. The van der Waals surface area contributed by atoms with Gasteiger partial charge in [0.15, 0.2) is 6.61 Å². The van der Waals surface area contributed by atoms with Gasteiger partial charge in [-0.2, -0.15) is 5.10 Å². The van der Waals surface area contributed by atoms with Crippen LogP contribution in [0, 0.1) is 13.8 Å². The maximum Gasteiger partial charge on any atom is 0.342 e. The lowest BCUT2D eigenvalue weighted by Gasteiger charge is -2.09. The highest BCUT2D eigenvalue weighted by atomic mass is 16.5. The van der Waals surface area contributed by atoms with Crippen molar-refractivity contribution in [2.45, 2.75) is 13.8 Å². The Labute approximate surface area is 178 Å². The van der Waals surface area contributed by atoms with Crippen molar-refractivity contribution in [3.63, 3.8) is 0 Å². The molecular formula is C24H21N3O4. The number of para-hydroxylation sites is 1. The topological polar surface area (TPSA) is 93.5 Å². The van der Waals surface area contributed by atoms with Crippen LogP contribution in [0.5, 0.6) is 5.75 Å². The highest BCUT2D eigenvalue weighted by Gasteiger charge is 2.19. The molecule has 0 aliphatic rings. The zero-order valence-electron chi connectivity index (χ0n) is 17.1. The largest absolute Gasteiger partial charge is 0.506 e. The van der Waals surface area contributed by atoms with Crippen molar-refractivity contribution in [2.24, 2.45) is 0 Å². The van der Waals surface area contributed by atoms with E-state index in [1.807, 2.05) is 49.4 Å². The van der Waals surface area contributed by atoms with E-state index in [0.717, 1.165) is 16.8 Å². The first kappa shape index (κ1) is 20.2. The Hall–Kier alpha value is -4.13. The van der Waals surface area contributed by atoms with Gasteiger partial charge in [0.1, 0.15) is 11.3 Å². The second-order valence-electron chi connectivity index (χ2n) is 7.10. The summed E-state index contributed by atoms with van der Waals surface area (Å²) in [5.41, 5.74) is 2.86. The fourth-order valence-corrected chi connectivity index (χ4v) is 3.45. The molecule has 0 radical (unpaired) electrons. The Morgan fingerprint density at radius 3 is 2.48 bits per heavy atom. The quantitative estimate of drug-likeness (QED) is 0.478. The third-order valence-electron chi connectivity index (χ3n) is 5.01. The molecule has 2 N–H and O–H groups in total. The van der Waals surface area contributed by atoms with Gasteiger partial charge in [-0.15, -0.1) is 0 Å². The fraction of sp³-hybridized carbons (Fsp3) is 0.125. The second kappa shape index (κ2) is 8.31. The minimum Gasteiger partial charge on any atom is -0.506 e. The van der Waals surface area contributed by atoms with Gasteiger partial charge < -0.3 is 15.2 Å². The summed E-state index contributed by atoms with van der Waals surface area (Å²) in [5, 5.41) is 19.0. The Morgan fingerprint density at radius 1 is 1.00 bits per heavy atom. The fourth-order valence-electron chi connectivity index (χ4n) is 3.45. The number of anilines is 1. The van der Waals surface area contributed by atoms with Gasteiger partial charge in [0, 0.05) is 5.39 Å². The molecule has 0 fully saturated rings. The van der Waals surface area contributed by atoms with Crippen molar-refractivity contribution in [1.82, 2.24) is 9.78 Å². The van der Waals surface area contributed by atoms with Gasteiger partial charge in [0.25, 0.3) is 5.91 Å². The molecule has 3 aromatic carbocycles. The van der Waals surface area contributed by atoms with Gasteiger partial charge in [-0.3, -0.25) is 4.79 Å². The van der Waals surface area contributed by atoms with Crippen LogP contribution in [0.4, 0.5) is 5.69 Å². The van der Waals surface area contributed by atoms with E-state index in [1.54, 1.807) is 29.8 Å². The van der Waals surface area contributed by atoms with E-state index in [2.05, 4.69) is 10.4 Å². The molecule has 4 aromatic rings. The number of nitrogens with one attached hydrogen (secondary N) is 1. The lowest BCUT2D eigenvalue weighted by Crippen LogP contribution is -2.21. The molecule has 7 nitrogen and oxygen atoms in total. The van der Waals surface area contributed by atoms with Crippen LogP contribution in [0.2, 0.25) is 0 Å². The summed E-state index contributed by atoms with van der Waals surface area (Å²) in [5.74, 6) is -1.43. The number of fused-ring (bicyclic) bond motifs is 1. The highest BCUT2D eigenvalue weighted by Crippen LogP contribution is 2.29. The SMILES string of the molecule is Cc1nn(-c2ccccc2)c(C)c1NC(=O)COC(=O)c1ccc2ccccc2c1O. The lowest BCUT2D eigenvalue weighted by molar-refractivity contribution is -0.119. The average Bonchev–Trinajstić information content (AvgIpc) is 3.07. The second-order valence-corrected chi connectivity index (χ2v) is 7.10. The zero-order valence-corrected chi connectivity index (χ0v) is 17.1. The number of hydrogen-bond donors (Lipinski definition) is 2. The number of rotatable bonds is 5. The van der Waals surface area contributed by atoms with Gasteiger partial charge in [0.2, 0.25) is 0 Å². The molecule has 0 spiro atoms. The first-order chi connectivity index (χ1) is 15.0. The molecule has 7 heteroatoms. The number of phenolic OH excluding ortho intramolecular Hbond substituents is 1. The van der Waals surface area contributed by atoms with Crippen LogP contribution in [-0.2, 0) is 9.53 Å². The van der Waals surface area contributed by atoms with Crippen LogP contribution >= 0.6 is 0 Å². The Balaban J connectivity index is 1.45. The minimum absolute atomic E-state index is 0.00996. The molecule has 1 amide bonds. The van der Waals surface area contributed by atoms with Crippen molar-refractivity contribution in [2.75, 3.05) is 11.9 Å². The van der Waals surface area contributed by atoms with Crippen LogP contribution in [0.25, 0.3) is 16.5 Å². The number of aromatic nitrogens is 2. The monoisotopic (exact) mass is 415 g/mol.